The van der Waals surface area contributed by atoms with E-state index in [1.807, 2.05) is 7.05 Å². The van der Waals surface area contributed by atoms with Crippen molar-refractivity contribution in [3.8, 4) is 0 Å². The van der Waals surface area contributed by atoms with E-state index in [9.17, 15) is 0 Å². The Hall–Kier alpha value is -0.760. The standard InChI is InChI=1S/C9H16N2/c1-8-5-4-6-11(3)9(8)7-10-2/h4-6,9-10H,7H2,1-3H3. The Morgan fingerprint density at radius 1 is 1.64 bits per heavy atom. The molecule has 0 aromatic rings. The Kier molecular flexibility index (Phi) is 2.71. The van der Waals surface area contributed by atoms with Gasteiger partial charge in [0.05, 0.1) is 6.04 Å². The van der Waals surface area contributed by atoms with E-state index in [-0.39, 0.29) is 0 Å². The third-order valence-corrected chi connectivity index (χ3v) is 2.10. The maximum absolute atomic E-state index is 3.18. The van der Waals surface area contributed by atoms with E-state index in [0.717, 1.165) is 6.54 Å². The second-order valence-electron chi connectivity index (χ2n) is 2.99. The highest BCUT2D eigenvalue weighted by atomic mass is 15.1. The molecule has 11 heavy (non-hydrogen) atoms. The van der Waals surface area contributed by atoms with Crippen LogP contribution in [-0.4, -0.2) is 31.6 Å². The van der Waals surface area contributed by atoms with Crippen LogP contribution in [0, 0.1) is 0 Å². The molecule has 0 radical (unpaired) electrons. The molecule has 0 bridgehead atoms. The number of nitrogens with zero attached hydrogens (tertiary/aromatic N) is 1. The molecule has 0 amide bonds. The third kappa shape index (κ3) is 1.84. The molecular formula is C9H16N2. The maximum atomic E-state index is 3.18. The van der Waals surface area contributed by atoms with Crippen molar-refractivity contribution in [1.29, 1.82) is 0 Å². The lowest BCUT2D eigenvalue weighted by Crippen LogP contribution is -2.37. The van der Waals surface area contributed by atoms with Gasteiger partial charge in [0.15, 0.2) is 0 Å². The maximum Gasteiger partial charge on any atom is 0.0618 e. The monoisotopic (exact) mass is 152 g/mol. The van der Waals surface area contributed by atoms with Crippen molar-refractivity contribution in [3.05, 3.63) is 23.9 Å². The van der Waals surface area contributed by atoms with E-state index in [1.165, 1.54) is 5.57 Å². The zero-order chi connectivity index (χ0) is 8.27. The van der Waals surface area contributed by atoms with E-state index in [1.54, 1.807) is 0 Å². The molecule has 62 valence electrons. The molecule has 2 nitrogen and oxygen atoms in total. The van der Waals surface area contributed by atoms with Gasteiger partial charge in [-0.1, -0.05) is 6.08 Å². The molecule has 1 atom stereocenters. The Balaban J connectivity index is 2.62. The van der Waals surface area contributed by atoms with Crippen molar-refractivity contribution in [2.75, 3.05) is 20.6 Å². The van der Waals surface area contributed by atoms with Gasteiger partial charge in [0.2, 0.25) is 0 Å². The zero-order valence-corrected chi connectivity index (χ0v) is 7.46. The van der Waals surface area contributed by atoms with Gasteiger partial charge in [-0.05, 0) is 31.8 Å². The number of rotatable bonds is 2. The van der Waals surface area contributed by atoms with Crippen LogP contribution in [0.2, 0.25) is 0 Å². The lowest BCUT2D eigenvalue weighted by Gasteiger charge is -2.29. The topological polar surface area (TPSA) is 15.3 Å². The van der Waals surface area contributed by atoms with Crippen LogP contribution in [0.15, 0.2) is 23.9 Å². The highest BCUT2D eigenvalue weighted by Crippen LogP contribution is 2.12. The van der Waals surface area contributed by atoms with Gasteiger partial charge < -0.3 is 10.2 Å². The van der Waals surface area contributed by atoms with E-state index >= 15 is 0 Å². The van der Waals surface area contributed by atoms with Crippen molar-refractivity contribution in [1.82, 2.24) is 10.2 Å². The molecule has 0 aromatic carbocycles. The fourth-order valence-corrected chi connectivity index (χ4v) is 1.37. The summed E-state index contributed by atoms with van der Waals surface area (Å²) in [6.07, 6.45) is 6.36. The quantitative estimate of drug-likeness (QED) is 0.634. The van der Waals surface area contributed by atoms with E-state index in [0.29, 0.717) is 6.04 Å². The minimum atomic E-state index is 0.532. The average Bonchev–Trinajstić information content (AvgIpc) is 1.97. The minimum Gasteiger partial charge on any atom is -0.372 e. The third-order valence-electron chi connectivity index (χ3n) is 2.10. The molecule has 0 saturated heterocycles. The highest BCUT2D eigenvalue weighted by molar-refractivity contribution is 5.21. The molecule has 0 aromatic heterocycles. The number of hydrogen-bond acceptors (Lipinski definition) is 2. The van der Waals surface area contributed by atoms with Gasteiger partial charge in [0, 0.05) is 13.6 Å². The number of hydrogen-bond donors (Lipinski definition) is 1. The van der Waals surface area contributed by atoms with Crippen molar-refractivity contribution < 1.29 is 0 Å². The predicted octanol–water partition coefficient (Wildman–Crippen LogP) is 0.980. The first-order valence-corrected chi connectivity index (χ1v) is 3.97. The largest absolute Gasteiger partial charge is 0.372 e. The lowest BCUT2D eigenvalue weighted by molar-refractivity contribution is 0.355. The summed E-state index contributed by atoms with van der Waals surface area (Å²) in [4.78, 5) is 2.23. The SMILES string of the molecule is CNCC1C(C)=CC=CN1C. The molecule has 2 heteroatoms. The van der Waals surface area contributed by atoms with Crippen molar-refractivity contribution in [2.45, 2.75) is 13.0 Å². The summed E-state index contributed by atoms with van der Waals surface area (Å²) in [6.45, 7) is 3.19. The lowest BCUT2D eigenvalue weighted by atomic mass is 10.1. The summed E-state index contributed by atoms with van der Waals surface area (Å²) < 4.78 is 0. The second kappa shape index (κ2) is 3.58. The molecule has 1 unspecified atom stereocenters. The van der Waals surface area contributed by atoms with Gasteiger partial charge in [-0.3, -0.25) is 0 Å². The Bertz CT molecular complexity index is 182. The summed E-state index contributed by atoms with van der Waals surface area (Å²) in [5.41, 5.74) is 1.42. The Labute approximate surface area is 68.6 Å². The van der Waals surface area contributed by atoms with Crippen LogP contribution < -0.4 is 5.32 Å². The minimum absolute atomic E-state index is 0.532. The summed E-state index contributed by atoms with van der Waals surface area (Å²) >= 11 is 0. The molecule has 0 saturated carbocycles. The van der Waals surface area contributed by atoms with Gasteiger partial charge in [-0.25, -0.2) is 0 Å². The van der Waals surface area contributed by atoms with E-state index in [2.05, 4.69) is 42.5 Å². The molecule has 1 aliphatic rings. The van der Waals surface area contributed by atoms with Crippen LogP contribution in [0.5, 0.6) is 0 Å². The van der Waals surface area contributed by atoms with Crippen LogP contribution in [0.1, 0.15) is 6.92 Å². The fraction of sp³-hybridized carbons (Fsp3) is 0.556. The average molecular weight is 152 g/mol. The van der Waals surface area contributed by atoms with Crippen molar-refractivity contribution >= 4 is 0 Å². The van der Waals surface area contributed by atoms with Crippen LogP contribution in [0.3, 0.4) is 0 Å². The number of likely N-dealkylation sites (N-methyl/N-ethyl adjacent to an activating group) is 2. The van der Waals surface area contributed by atoms with Crippen LogP contribution >= 0.6 is 0 Å². The van der Waals surface area contributed by atoms with Crippen molar-refractivity contribution in [3.63, 3.8) is 0 Å². The molecule has 1 rings (SSSR count). The van der Waals surface area contributed by atoms with Gasteiger partial charge >= 0.3 is 0 Å². The van der Waals surface area contributed by atoms with Gasteiger partial charge in [0.25, 0.3) is 0 Å². The molecule has 1 aliphatic heterocycles. The van der Waals surface area contributed by atoms with E-state index in [4.69, 9.17) is 0 Å². The predicted molar refractivity (Wildman–Crippen MR) is 48.4 cm³/mol. The number of allylic oxidation sites excluding steroid dienone is 2. The normalized spacial score (nSPS) is 23.7. The van der Waals surface area contributed by atoms with Crippen LogP contribution in [0.25, 0.3) is 0 Å². The second-order valence-corrected chi connectivity index (χ2v) is 2.99. The van der Waals surface area contributed by atoms with Crippen LogP contribution in [-0.2, 0) is 0 Å². The first kappa shape index (κ1) is 8.34. The zero-order valence-electron chi connectivity index (χ0n) is 7.46. The Morgan fingerprint density at radius 3 is 2.91 bits per heavy atom. The molecule has 0 fully saturated rings. The highest BCUT2D eigenvalue weighted by Gasteiger charge is 2.14. The van der Waals surface area contributed by atoms with Crippen molar-refractivity contribution in [2.24, 2.45) is 0 Å². The fourth-order valence-electron chi connectivity index (χ4n) is 1.37. The molecule has 0 spiro atoms. The van der Waals surface area contributed by atoms with Crippen LogP contribution in [0.4, 0.5) is 0 Å². The van der Waals surface area contributed by atoms with Gasteiger partial charge in [0.1, 0.15) is 0 Å². The van der Waals surface area contributed by atoms with Gasteiger partial charge in [-0.2, -0.15) is 0 Å². The first-order chi connectivity index (χ1) is 5.25. The summed E-state index contributed by atoms with van der Waals surface area (Å²) in [5.74, 6) is 0. The molecular weight excluding hydrogens is 136 g/mol. The molecule has 0 aliphatic carbocycles. The summed E-state index contributed by atoms with van der Waals surface area (Å²) in [5, 5.41) is 3.18. The Morgan fingerprint density at radius 2 is 2.36 bits per heavy atom. The summed E-state index contributed by atoms with van der Waals surface area (Å²) in [6, 6.07) is 0.532. The smallest absolute Gasteiger partial charge is 0.0618 e. The molecule has 1 heterocycles. The molecule has 1 N–H and O–H groups in total. The van der Waals surface area contributed by atoms with Gasteiger partial charge in [-0.15, -0.1) is 0 Å². The summed E-state index contributed by atoms with van der Waals surface area (Å²) in [7, 11) is 4.09. The first-order valence-electron chi connectivity index (χ1n) is 3.97. The van der Waals surface area contributed by atoms with E-state index < -0.39 is 0 Å². The number of nitrogens with one attached hydrogen (secondary N) is 1.